The van der Waals surface area contributed by atoms with Crippen LogP contribution in [0.5, 0.6) is 0 Å². The van der Waals surface area contributed by atoms with Crippen LogP contribution >= 0.6 is 11.3 Å². The number of aryl methyl sites for hydroxylation is 2. The van der Waals surface area contributed by atoms with Crippen LogP contribution in [0.2, 0.25) is 0 Å². The summed E-state index contributed by atoms with van der Waals surface area (Å²) >= 11 is 1.48. The molecule has 1 aromatic heterocycles. The van der Waals surface area contributed by atoms with E-state index in [9.17, 15) is 9.59 Å². The molecule has 6 heteroatoms. The third-order valence-corrected chi connectivity index (χ3v) is 4.98. The predicted molar refractivity (Wildman–Crippen MR) is 83.7 cm³/mol. The van der Waals surface area contributed by atoms with Gasteiger partial charge in [0.25, 0.3) is 5.91 Å². The molecule has 0 N–H and O–H groups in total. The number of likely N-dealkylation sites (N-methyl/N-ethyl adjacent to an activating group) is 1. The lowest BCUT2D eigenvalue weighted by Crippen LogP contribution is -2.37. The van der Waals surface area contributed by atoms with Gasteiger partial charge in [-0.1, -0.05) is 0 Å². The SMILES string of the molecule is C[C@H](OC(=O)c1cc2c(s1)CCCC2)C(=O)N(C)CCC#N. The van der Waals surface area contributed by atoms with E-state index in [2.05, 4.69) is 0 Å². The number of thiophene rings is 1. The van der Waals surface area contributed by atoms with Gasteiger partial charge >= 0.3 is 5.97 Å². The van der Waals surface area contributed by atoms with Gasteiger partial charge in [-0.25, -0.2) is 4.79 Å². The highest BCUT2D eigenvalue weighted by Crippen LogP contribution is 2.30. The first-order chi connectivity index (χ1) is 10.5. The van der Waals surface area contributed by atoms with E-state index in [0.29, 0.717) is 11.4 Å². The molecule has 0 aromatic carbocycles. The Balaban J connectivity index is 1.95. The molecule has 22 heavy (non-hydrogen) atoms. The maximum atomic E-state index is 12.2. The average molecular weight is 320 g/mol. The smallest absolute Gasteiger partial charge is 0.349 e. The molecule has 0 radical (unpaired) electrons. The summed E-state index contributed by atoms with van der Waals surface area (Å²) < 4.78 is 5.27. The minimum Gasteiger partial charge on any atom is -0.448 e. The standard InChI is InChI=1S/C16H20N2O3S/c1-11(15(19)18(2)9-5-8-17)21-16(20)14-10-12-6-3-4-7-13(12)22-14/h10-11H,3-7,9H2,1-2H3/t11-/m0/s1. The summed E-state index contributed by atoms with van der Waals surface area (Å²) in [6.07, 6.45) is 3.80. The Morgan fingerprint density at radius 3 is 2.86 bits per heavy atom. The maximum Gasteiger partial charge on any atom is 0.349 e. The second-order valence-corrected chi connectivity index (χ2v) is 6.62. The van der Waals surface area contributed by atoms with Crippen LogP contribution in [0.1, 0.15) is 46.3 Å². The summed E-state index contributed by atoms with van der Waals surface area (Å²) in [7, 11) is 1.61. The van der Waals surface area contributed by atoms with Crippen molar-refractivity contribution in [3.8, 4) is 6.07 Å². The first kappa shape index (κ1) is 16.5. The first-order valence-corrected chi connectivity index (χ1v) is 8.29. The molecule has 1 aromatic rings. The van der Waals surface area contributed by atoms with Crippen LogP contribution in [0, 0.1) is 11.3 Å². The summed E-state index contributed by atoms with van der Waals surface area (Å²) in [4.78, 5) is 27.5. The molecule has 0 bridgehead atoms. The summed E-state index contributed by atoms with van der Waals surface area (Å²) in [5, 5.41) is 8.54. The summed E-state index contributed by atoms with van der Waals surface area (Å²) in [6.45, 7) is 1.90. The largest absolute Gasteiger partial charge is 0.448 e. The highest BCUT2D eigenvalue weighted by atomic mass is 32.1. The second kappa shape index (κ2) is 7.41. The zero-order valence-electron chi connectivity index (χ0n) is 12.9. The van der Waals surface area contributed by atoms with Crippen LogP contribution < -0.4 is 0 Å². The van der Waals surface area contributed by atoms with Crippen LogP contribution in [0.25, 0.3) is 0 Å². The lowest BCUT2D eigenvalue weighted by atomic mass is 9.99. The molecule has 1 aliphatic rings. The molecule has 5 nitrogen and oxygen atoms in total. The zero-order valence-corrected chi connectivity index (χ0v) is 13.7. The van der Waals surface area contributed by atoms with E-state index in [0.717, 1.165) is 19.3 Å². The topological polar surface area (TPSA) is 70.4 Å². The Hall–Kier alpha value is -1.87. The van der Waals surface area contributed by atoms with Gasteiger partial charge in [0.05, 0.1) is 12.5 Å². The van der Waals surface area contributed by atoms with Crippen molar-refractivity contribution >= 4 is 23.2 Å². The minimum atomic E-state index is -0.838. The highest BCUT2D eigenvalue weighted by molar-refractivity contribution is 7.14. The van der Waals surface area contributed by atoms with Crippen LogP contribution in [-0.2, 0) is 22.4 Å². The first-order valence-electron chi connectivity index (χ1n) is 7.47. The molecular weight excluding hydrogens is 300 g/mol. The normalized spacial score (nSPS) is 14.6. The molecule has 0 fully saturated rings. The number of fused-ring (bicyclic) bond motifs is 1. The molecule has 0 aliphatic heterocycles. The summed E-state index contributed by atoms with van der Waals surface area (Å²) in [5.41, 5.74) is 1.24. The number of nitrogens with zero attached hydrogens (tertiary/aromatic N) is 2. The van der Waals surface area contributed by atoms with E-state index in [1.54, 1.807) is 14.0 Å². The molecular formula is C16H20N2O3S. The average Bonchev–Trinajstić information content (AvgIpc) is 2.95. The predicted octanol–water partition coefficient (Wildman–Crippen LogP) is 2.54. The van der Waals surface area contributed by atoms with Crippen LogP contribution in [0.3, 0.4) is 0 Å². The maximum absolute atomic E-state index is 12.2. The van der Waals surface area contributed by atoms with Crippen molar-refractivity contribution in [3.05, 3.63) is 21.4 Å². The van der Waals surface area contributed by atoms with E-state index in [-0.39, 0.29) is 12.3 Å². The van der Waals surface area contributed by atoms with Crippen LogP contribution in [-0.4, -0.2) is 36.5 Å². The number of hydrogen-bond donors (Lipinski definition) is 0. The number of hydrogen-bond acceptors (Lipinski definition) is 5. The molecule has 0 saturated heterocycles. The lowest BCUT2D eigenvalue weighted by molar-refractivity contribution is -0.138. The number of esters is 1. The number of carbonyl (C=O) groups excluding carboxylic acids is 2. The molecule has 1 heterocycles. The van der Waals surface area contributed by atoms with Crippen molar-refractivity contribution in [2.75, 3.05) is 13.6 Å². The Morgan fingerprint density at radius 2 is 2.18 bits per heavy atom. The Kier molecular flexibility index (Phi) is 5.56. The number of amides is 1. The number of rotatable bonds is 5. The Morgan fingerprint density at radius 1 is 1.45 bits per heavy atom. The van der Waals surface area contributed by atoms with Gasteiger partial charge in [-0.3, -0.25) is 4.79 Å². The monoisotopic (exact) mass is 320 g/mol. The van der Waals surface area contributed by atoms with Crippen molar-refractivity contribution < 1.29 is 14.3 Å². The molecule has 1 amide bonds. The molecule has 1 atom stereocenters. The van der Waals surface area contributed by atoms with E-state index >= 15 is 0 Å². The van der Waals surface area contributed by atoms with Gasteiger partial charge in [0.15, 0.2) is 6.10 Å². The van der Waals surface area contributed by atoms with Crippen LogP contribution in [0.4, 0.5) is 0 Å². The molecule has 0 spiro atoms. The van der Waals surface area contributed by atoms with Gasteiger partial charge in [-0.05, 0) is 44.2 Å². The molecule has 2 rings (SSSR count). The van der Waals surface area contributed by atoms with Gasteiger partial charge in [-0.15, -0.1) is 11.3 Å². The fourth-order valence-corrected chi connectivity index (χ4v) is 3.64. The lowest BCUT2D eigenvalue weighted by Gasteiger charge is -2.20. The van der Waals surface area contributed by atoms with Crippen molar-refractivity contribution in [1.29, 1.82) is 5.26 Å². The Labute approximate surface area is 134 Å². The molecule has 1 aliphatic carbocycles. The van der Waals surface area contributed by atoms with E-state index in [4.69, 9.17) is 10.00 Å². The fourth-order valence-electron chi connectivity index (χ4n) is 2.50. The molecule has 0 saturated carbocycles. The van der Waals surface area contributed by atoms with Gasteiger partial charge in [0.1, 0.15) is 4.88 Å². The van der Waals surface area contributed by atoms with Crippen molar-refractivity contribution in [2.45, 2.75) is 45.1 Å². The van der Waals surface area contributed by atoms with E-state index < -0.39 is 12.1 Å². The van der Waals surface area contributed by atoms with E-state index in [1.807, 2.05) is 12.1 Å². The third-order valence-electron chi connectivity index (χ3n) is 3.76. The molecule has 0 unspecified atom stereocenters. The second-order valence-electron chi connectivity index (χ2n) is 5.48. The van der Waals surface area contributed by atoms with Crippen LogP contribution in [0.15, 0.2) is 6.07 Å². The quantitative estimate of drug-likeness (QED) is 0.782. The van der Waals surface area contributed by atoms with Gasteiger partial charge in [-0.2, -0.15) is 5.26 Å². The highest BCUT2D eigenvalue weighted by Gasteiger charge is 2.24. The molecule has 118 valence electrons. The zero-order chi connectivity index (χ0) is 16.1. The minimum absolute atomic E-state index is 0.264. The van der Waals surface area contributed by atoms with Gasteiger partial charge in [0, 0.05) is 18.5 Å². The number of nitriles is 1. The fraction of sp³-hybridized carbons (Fsp3) is 0.562. The van der Waals surface area contributed by atoms with Crippen molar-refractivity contribution in [1.82, 2.24) is 4.90 Å². The number of carbonyl (C=O) groups is 2. The third kappa shape index (κ3) is 3.86. The summed E-state index contributed by atoms with van der Waals surface area (Å²) in [5.74, 6) is -0.723. The van der Waals surface area contributed by atoms with Gasteiger partial charge < -0.3 is 9.64 Å². The summed E-state index contributed by atoms with van der Waals surface area (Å²) in [6, 6.07) is 3.89. The Bertz CT molecular complexity index is 580. The van der Waals surface area contributed by atoms with Gasteiger partial charge in [0.2, 0.25) is 0 Å². The van der Waals surface area contributed by atoms with Crippen molar-refractivity contribution in [3.63, 3.8) is 0 Å². The van der Waals surface area contributed by atoms with E-state index in [1.165, 1.54) is 33.1 Å². The number of ether oxygens (including phenoxy) is 1. The van der Waals surface area contributed by atoms with Crippen molar-refractivity contribution in [2.24, 2.45) is 0 Å².